The molecule has 1 atom stereocenters. The van der Waals surface area contributed by atoms with Gasteiger partial charge in [-0.05, 0) is 32.2 Å². The van der Waals surface area contributed by atoms with Gasteiger partial charge >= 0.3 is 0 Å². The molecule has 1 saturated heterocycles. The molecule has 0 bridgehead atoms. The first kappa shape index (κ1) is 12.1. The molecule has 1 unspecified atom stereocenters. The zero-order valence-electron chi connectivity index (χ0n) is 10.4. The first-order valence-corrected chi connectivity index (χ1v) is 7.38. The molecule has 1 aliphatic heterocycles. The van der Waals surface area contributed by atoms with E-state index in [-0.39, 0.29) is 0 Å². The fourth-order valence-corrected chi connectivity index (χ4v) is 3.48. The Morgan fingerprint density at radius 3 is 2.88 bits per heavy atom. The van der Waals surface area contributed by atoms with Gasteiger partial charge in [-0.1, -0.05) is 26.7 Å². The summed E-state index contributed by atoms with van der Waals surface area (Å²) in [6, 6.07) is 0.537. The summed E-state index contributed by atoms with van der Waals surface area (Å²) in [5, 5.41) is 4.92. The first-order chi connectivity index (χ1) is 7.85. The number of hydrogen-bond donors (Lipinski definition) is 1. The molecular formula is C13H22N2S. The van der Waals surface area contributed by atoms with Crippen LogP contribution in [-0.4, -0.2) is 11.5 Å². The maximum absolute atomic E-state index is 4.85. The summed E-state index contributed by atoms with van der Waals surface area (Å²) in [5.74, 6) is 0. The van der Waals surface area contributed by atoms with Crippen molar-refractivity contribution in [2.75, 3.05) is 6.54 Å². The van der Waals surface area contributed by atoms with Crippen LogP contribution in [0.15, 0.2) is 0 Å². The Balaban J connectivity index is 2.14. The lowest BCUT2D eigenvalue weighted by Gasteiger charge is -2.21. The zero-order chi connectivity index (χ0) is 11.4. The largest absolute Gasteiger partial charge is 0.308 e. The van der Waals surface area contributed by atoms with Gasteiger partial charge in [-0.3, -0.25) is 0 Å². The Hall–Kier alpha value is -0.410. The van der Waals surface area contributed by atoms with Crippen molar-refractivity contribution in [1.82, 2.24) is 10.3 Å². The van der Waals surface area contributed by atoms with Gasteiger partial charge in [0.2, 0.25) is 0 Å². The van der Waals surface area contributed by atoms with Gasteiger partial charge in [-0.25, -0.2) is 4.98 Å². The van der Waals surface area contributed by atoms with Crippen LogP contribution >= 0.6 is 11.3 Å². The minimum atomic E-state index is 0.537. The second kappa shape index (κ2) is 5.78. The Morgan fingerprint density at radius 1 is 1.38 bits per heavy atom. The Labute approximate surface area is 102 Å². The lowest BCUT2D eigenvalue weighted by Crippen LogP contribution is -2.26. The van der Waals surface area contributed by atoms with E-state index in [0.29, 0.717) is 6.04 Å². The summed E-state index contributed by atoms with van der Waals surface area (Å²) in [6.07, 6.45) is 7.43. The van der Waals surface area contributed by atoms with E-state index in [2.05, 4.69) is 19.2 Å². The number of thiazole rings is 1. The molecule has 0 radical (unpaired) electrons. The summed E-state index contributed by atoms with van der Waals surface area (Å²) in [5.41, 5.74) is 1.36. The number of aromatic nitrogens is 1. The van der Waals surface area contributed by atoms with Gasteiger partial charge < -0.3 is 5.32 Å². The molecule has 3 heteroatoms. The number of aryl methyl sites for hydroxylation is 2. The molecule has 16 heavy (non-hydrogen) atoms. The van der Waals surface area contributed by atoms with Crippen LogP contribution in [0.4, 0.5) is 0 Å². The fraction of sp³-hybridized carbons (Fsp3) is 0.769. The lowest BCUT2D eigenvalue weighted by molar-refractivity contribution is 0.410. The molecule has 1 aliphatic rings. The molecular weight excluding hydrogens is 216 g/mol. The minimum Gasteiger partial charge on any atom is -0.308 e. The highest BCUT2D eigenvalue weighted by molar-refractivity contribution is 7.11. The normalized spacial score (nSPS) is 21.2. The quantitative estimate of drug-likeness (QED) is 0.868. The monoisotopic (exact) mass is 238 g/mol. The van der Waals surface area contributed by atoms with E-state index < -0.39 is 0 Å². The second-order valence-electron chi connectivity index (χ2n) is 4.53. The van der Waals surface area contributed by atoms with Crippen LogP contribution in [0.5, 0.6) is 0 Å². The van der Waals surface area contributed by atoms with Crippen molar-refractivity contribution in [3.63, 3.8) is 0 Å². The Bertz CT molecular complexity index is 327. The third-order valence-corrected chi connectivity index (χ3v) is 4.57. The number of nitrogens with one attached hydrogen (secondary N) is 1. The molecule has 1 N–H and O–H groups in total. The smallest absolute Gasteiger partial charge is 0.110 e. The SMILES string of the molecule is CCCc1nc(C2CCCCN2)sc1CC. The summed E-state index contributed by atoms with van der Waals surface area (Å²) in [7, 11) is 0. The second-order valence-corrected chi connectivity index (χ2v) is 5.64. The van der Waals surface area contributed by atoms with Gasteiger partial charge in [0.15, 0.2) is 0 Å². The summed E-state index contributed by atoms with van der Waals surface area (Å²) < 4.78 is 0. The van der Waals surface area contributed by atoms with Crippen LogP contribution in [0.3, 0.4) is 0 Å². The van der Waals surface area contributed by atoms with Crippen molar-refractivity contribution in [2.45, 2.75) is 58.4 Å². The first-order valence-electron chi connectivity index (χ1n) is 6.57. The van der Waals surface area contributed by atoms with Crippen LogP contribution < -0.4 is 5.32 Å². The van der Waals surface area contributed by atoms with E-state index in [1.807, 2.05) is 11.3 Å². The highest BCUT2D eigenvalue weighted by atomic mass is 32.1. The highest BCUT2D eigenvalue weighted by Crippen LogP contribution is 2.29. The van der Waals surface area contributed by atoms with Gasteiger partial charge in [0, 0.05) is 4.88 Å². The van der Waals surface area contributed by atoms with Gasteiger partial charge in [-0.15, -0.1) is 11.3 Å². The van der Waals surface area contributed by atoms with Gasteiger partial charge in [0.25, 0.3) is 0 Å². The molecule has 0 amide bonds. The Morgan fingerprint density at radius 2 is 2.25 bits per heavy atom. The molecule has 0 saturated carbocycles. The Kier molecular flexibility index (Phi) is 4.36. The topological polar surface area (TPSA) is 24.9 Å². The maximum atomic E-state index is 4.85. The molecule has 90 valence electrons. The predicted molar refractivity (Wildman–Crippen MR) is 70.1 cm³/mol. The minimum absolute atomic E-state index is 0.537. The van der Waals surface area contributed by atoms with Crippen LogP contribution in [0.25, 0.3) is 0 Å². The number of hydrogen-bond acceptors (Lipinski definition) is 3. The fourth-order valence-electron chi connectivity index (χ4n) is 2.32. The van der Waals surface area contributed by atoms with Crippen molar-refractivity contribution < 1.29 is 0 Å². The molecule has 1 aromatic heterocycles. The zero-order valence-corrected chi connectivity index (χ0v) is 11.2. The summed E-state index contributed by atoms with van der Waals surface area (Å²) >= 11 is 1.93. The van der Waals surface area contributed by atoms with E-state index in [4.69, 9.17) is 4.98 Å². The van der Waals surface area contributed by atoms with E-state index in [1.165, 1.54) is 41.3 Å². The molecule has 1 aromatic rings. The third kappa shape index (κ3) is 2.64. The van der Waals surface area contributed by atoms with Gasteiger partial charge in [0.05, 0.1) is 11.7 Å². The summed E-state index contributed by atoms with van der Waals surface area (Å²) in [6.45, 7) is 5.64. The number of piperidine rings is 1. The van der Waals surface area contributed by atoms with E-state index in [9.17, 15) is 0 Å². The molecule has 1 fully saturated rings. The molecule has 2 nitrogen and oxygen atoms in total. The molecule has 0 aliphatic carbocycles. The molecule has 0 spiro atoms. The van der Waals surface area contributed by atoms with E-state index in [0.717, 1.165) is 19.4 Å². The standard InChI is InChI=1S/C13H22N2S/c1-3-7-10-12(4-2)16-13(15-10)11-8-5-6-9-14-11/h11,14H,3-9H2,1-2H3. The van der Waals surface area contributed by atoms with E-state index in [1.54, 1.807) is 0 Å². The van der Waals surface area contributed by atoms with Crippen LogP contribution in [0, 0.1) is 0 Å². The van der Waals surface area contributed by atoms with Crippen LogP contribution in [0.2, 0.25) is 0 Å². The van der Waals surface area contributed by atoms with Crippen LogP contribution in [0.1, 0.15) is 61.2 Å². The third-order valence-electron chi connectivity index (χ3n) is 3.21. The number of nitrogens with zero attached hydrogens (tertiary/aromatic N) is 1. The molecule has 0 aromatic carbocycles. The van der Waals surface area contributed by atoms with E-state index >= 15 is 0 Å². The predicted octanol–water partition coefficient (Wildman–Crippen LogP) is 3.47. The highest BCUT2D eigenvalue weighted by Gasteiger charge is 2.19. The molecule has 2 rings (SSSR count). The average molecular weight is 238 g/mol. The molecule has 2 heterocycles. The maximum Gasteiger partial charge on any atom is 0.110 e. The van der Waals surface area contributed by atoms with Gasteiger partial charge in [0.1, 0.15) is 5.01 Å². The van der Waals surface area contributed by atoms with Crippen molar-refractivity contribution in [3.05, 3.63) is 15.6 Å². The summed E-state index contributed by atoms with van der Waals surface area (Å²) in [4.78, 5) is 6.35. The number of rotatable bonds is 4. The van der Waals surface area contributed by atoms with Gasteiger partial charge in [-0.2, -0.15) is 0 Å². The average Bonchev–Trinajstić information content (AvgIpc) is 2.74. The van der Waals surface area contributed by atoms with Crippen LogP contribution in [-0.2, 0) is 12.8 Å². The lowest BCUT2D eigenvalue weighted by atomic mass is 10.1. The van der Waals surface area contributed by atoms with Crippen molar-refractivity contribution in [2.24, 2.45) is 0 Å². The van der Waals surface area contributed by atoms with Crippen molar-refractivity contribution >= 4 is 11.3 Å². The van der Waals surface area contributed by atoms with Crippen molar-refractivity contribution in [1.29, 1.82) is 0 Å². The van der Waals surface area contributed by atoms with Crippen molar-refractivity contribution in [3.8, 4) is 0 Å².